The Bertz CT molecular complexity index is 196. The third kappa shape index (κ3) is 3.88. The fourth-order valence-electron chi connectivity index (χ4n) is 1.86. The molecule has 0 aromatic heterocycles. The zero-order chi connectivity index (χ0) is 14.2. The zero-order valence-electron chi connectivity index (χ0n) is 10.9. The van der Waals surface area contributed by atoms with Gasteiger partial charge in [0.05, 0.1) is 39.1 Å². The predicted octanol–water partition coefficient (Wildman–Crippen LogP) is -1.53. The van der Waals surface area contributed by atoms with Gasteiger partial charge in [-0.25, -0.2) is 0 Å². The lowest BCUT2D eigenvalue weighted by molar-refractivity contribution is -0.0730. The summed E-state index contributed by atoms with van der Waals surface area (Å²) in [5.41, 5.74) is -2.02. The highest BCUT2D eigenvalue weighted by atomic mass is 16.3. The standard InChI is InChI=1S/C12H26O6/c1-2-12(8-16,9-17)10(18)3-4-11(5-13,6-14)7-15/h10,13-18H,2-9H2,1H3. The molecule has 110 valence electrons. The monoisotopic (exact) mass is 266 g/mol. The van der Waals surface area contributed by atoms with Crippen LogP contribution >= 0.6 is 0 Å². The van der Waals surface area contributed by atoms with Gasteiger partial charge >= 0.3 is 0 Å². The maximum Gasteiger partial charge on any atom is 0.0640 e. The van der Waals surface area contributed by atoms with Crippen LogP contribution in [0.15, 0.2) is 0 Å². The smallest absolute Gasteiger partial charge is 0.0640 e. The van der Waals surface area contributed by atoms with E-state index in [9.17, 15) is 15.3 Å². The molecule has 0 fully saturated rings. The molecular formula is C12H26O6. The van der Waals surface area contributed by atoms with Crippen molar-refractivity contribution in [1.82, 2.24) is 0 Å². The first kappa shape index (κ1) is 17.8. The summed E-state index contributed by atoms with van der Waals surface area (Å²) in [4.78, 5) is 0. The summed E-state index contributed by atoms with van der Waals surface area (Å²) < 4.78 is 0. The molecule has 0 heterocycles. The Hall–Kier alpha value is -0.240. The largest absolute Gasteiger partial charge is 0.396 e. The Morgan fingerprint density at radius 2 is 1.28 bits per heavy atom. The van der Waals surface area contributed by atoms with E-state index in [1.807, 2.05) is 0 Å². The van der Waals surface area contributed by atoms with E-state index < -0.39 is 16.9 Å². The van der Waals surface area contributed by atoms with Crippen LogP contribution in [0.25, 0.3) is 0 Å². The van der Waals surface area contributed by atoms with Gasteiger partial charge in [-0.15, -0.1) is 0 Å². The molecule has 0 saturated carbocycles. The Morgan fingerprint density at radius 1 is 0.833 bits per heavy atom. The maximum absolute atomic E-state index is 10.0. The minimum absolute atomic E-state index is 0.177. The predicted molar refractivity (Wildman–Crippen MR) is 65.8 cm³/mol. The second-order valence-corrected chi connectivity index (χ2v) is 5.06. The zero-order valence-corrected chi connectivity index (χ0v) is 10.9. The third-order valence-corrected chi connectivity index (χ3v) is 4.00. The molecule has 0 amide bonds. The molecule has 0 aliphatic rings. The molecule has 6 heteroatoms. The van der Waals surface area contributed by atoms with Crippen molar-refractivity contribution >= 4 is 0 Å². The van der Waals surface area contributed by atoms with Crippen molar-refractivity contribution in [2.75, 3.05) is 33.0 Å². The van der Waals surface area contributed by atoms with Gasteiger partial charge < -0.3 is 30.6 Å². The van der Waals surface area contributed by atoms with Gasteiger partial charge in [-0.2, -0.15) is 0 Å². The van der Waals surface area contributed by atoms with Gasteiger partial charge in [-0.3, -0.25) is 0 Å². The fourth-order valence-corrected chi connectivity index (χ4v) is 1.86. The van der Waals surface area contributed by atoms with Gasteiger partial charge in [0.25, 0.3) is 0 Å². The van der Waals surface area contributed by atoms with Crippen molar-refractivity contribution in [2.24, 2.45) is 10.8 Å². The summed E-state index contributed by atoms with van der Waals surface area (Å²) in [6.45, 7) is -0.0809. The van der Waals surface area contributed by atoms with Gasteiger partial charge in [0, 0.05) is 10.8 Å². The molecule has 6 nitrogen and oxygen atoms in total. The van der Waals surface area contributed by atoms with Crippen LogP contribution in [0.4, 0.5) is 0 Å². The number of hydrogen-bond acceptors (Lipinski definition) is 6. The second-order valence-electron chi connectivity index (χ2n) is 5.06. The van der Waals surface area contributed by atoms with Gasteiger partial charge in [-0.1, -0.05) is 6.92 Å². The molecule has 0 spiro atoms. The lowest BCUT2D eigenvalue weighted by Crippen LogP contribution is -2.43. The summed E-state index contributed by atoms with van der Waals surface area (Å²) in [6, 6.07) is 0. The minimum atomic E-state index is -1.04. The van der Waals surface area contributed by atoms with E-state index in [4.69, 9.17) is 15.3 Å². The molecule has 18 heavy (non-hydrogen) atoms. The van der Waals surface area contributed by atoms with Gasteiger partial charge in [-0.05, 0) is 19.3 Å². The average Bonchev–Trinajstić information content (AvgIpc) is 2.43. The second kappa shape index (κ2) is 8.04. The first-order chi connectivity index (χ1) is 8.49. The van der Waals surface area contributed by atoms with Crippen molar-refractivity contribution in [3.05, 3.63) is 0 Å². The molecule has 1 atom stereocenters. The highest BCUT2D eigenvalue weighted by Crippen LogP contribution is 2.32. The van der Waals surface area contributed by atoms with E-state index in [-0.39, 0.29) is 45.9 Å². The number of aliphatic hydroxyl groups is 6. The van der Waals surface area contributed by atoms with Gasteiger partial charge in [0.15, 0.2) is 0 Å². The van der Waals surface area contributed by atoms with Crippen LogP contribution in [0.5, 0.6) is 0 Å². The maximum atomic E-state index is 10.0. The van der Waals surface area contributed by atoms with Crippen LogP contribution in [0.2, 0.25) is 0 Å². The van der Waals surface area contributed by atoms with E-state index in [0.717, 1.165) is 0 Å². The molecule has 0 aliphatic carbocycles. The highest BCUT2D eigenvalue weighted by molar-refractivity contribution is 4.87. The number of aliphatic hydroxyl groups excluding tert-OH is 6. The Morgan fingerprint density at radius 3 is 1.56 bits per heavy atom. The molecule has 6 N–H and O–H groups in total. The fraction of sp³-hybridized carbons (Fsp3) is 1.00. The molecule has 1 unspecified atom stereocenters. The normalized spacial score (nSPS) is 14.8. The summed E-state index contributed by atoms with van der Waals surface area (Å²) in [5.74, 6) is 0. The average molecular weight is 266 g/mol. The first-order valence-electron chi connectivity index (χ1n) is 6.22. The Kier molecular flexibility index (Phi) is 7.93. The molecular weight excluding hydrogens is 240 g/mol. The molecule has 0 bridgehead atoms. The topological polar surface area (TPSA) is 121 Å². The van der Waals surface area contributed by atoms with E-state index in [0.29, 0.717) is 6.42 Å². The summed E-state index contributed by atoms with van der Waals surface area (Å²) in [6.07, 6.45) is -0.164. The van der Waals surface area contributed by atoms with Crippen molar-refractivity contribution in [3.63, 3.8) is 0 Å². The van der Waals surface area contributed by atoms with E-state index >= 15 is 0 Å². The number of hydrogen-bond donors (Lipinski definition) is 6. The Balaban J connectivity index is 4.60. The molecule has 0 aromatic carbocycles. The molecule has 0 aliphatic heterocycles. The minimum Gasteiger partial charge on any atom is -0.396 e. The third-order valence-electron chi connectivity index (χ3n) is 4.00. The first-order valence-corrected chi connectivity index (χ1v) is 6.22. The van der Waals surface area contributed by atoms with Crippen LogP contribution in [-0.2, 0) is 0 Å². The highest BCUT2D eigenvalue weighted by Gasteiger charge is 2.37. The molecule has 0 aromatic rings. The van der Waals surface area contributed by atoms with Gasteiger partial charge in [0.1, 0.15) is 0 Å². The van der Waals surface area contributed by atoms with Crippen LogP contribution < -0.4 is 0 Å². The van der Waals surface area contributed by atoms with Crippen LogP contribution in [-0.4, -0.2) is 69.8 Å². The van der Waals surface area contributed by atoms with Crippen molar-refractivity contribution in [2.45, 2.75) is 32.3 Å². The van der Waals surface area contributed by atoms with Crippen LogP contribution in [0.1, 0.15) is 26.2 Å². The molecule has 0 rings (SSSR count). The van der Waals surface area contributed by atoms with Gasteiger partial charge in [0.2, 0.25) is 0 Å². The Labute approximate surface area is 108 Å². The van der Waals surface area contributed by atoms with Crippen LogP contribution in [0.3, 0.4) is 0 Å². The van der Waals surface area contributed by atoms with E-state index in [1.54, 1.807) is 6.92 Å². The van der Waals surface area contributed by atoms with Crippen molar-refractivity contribution < 1.29 is 30.6 Å². The van der Waals surface area contributed by atoms with Crippen LogP contribution in [0, 0.1) is 10.8 Å². The lowest BCUT2D eigenvalue weighted by Gasteiger charge is -2.36. The van der Waals surface area contributed by atoms with Crippen molar-refractivity contribution in [3.8, 4) is 0 Å². The molecule has 0 saturated heterocycles. The van der Waals surface area contributed by atoms with E-state index in [2.05, 4.69) is 0 Å². The SMILES string of the molecule is CCC(CO)(CO)C(O)CCC(CO)(CO)CO. The van der Waals surface area contributed by atoms with E-state index in [1.165, 1.54) is 0 Å². The van der Waals surface area contributed by atoms with Crippen molar-refractivity contribution in [1.29, 1.82) is 0 Å². The number of rotatable bonds is 10. The summed E-state index contributed by atoms with van der Waals surface area (Å²) >= 11 is 0. The molecule has 0 radical (unpaired) electrons. The summed E-state index contributed by atoms with van der Waals surface area (Å²) in [7, 11) is 0. The quantitative estimate of drug-likeness (QED) is 0.285. The lowest BCUT2D eigenvalue weighted by atomic mass is 9.76. The summed E-state index contributed by atoms with van der Waals surface area (Å²) in [5, 5.41) is 56.1.